The smallest absolute Gasteiger partial charge is 0.243 e. The Morgan fingerprint density at radius 2 is 1.59 bits per heavy atom. The van der Waals surface area contributed by atoms with Crippen LogP contribution < -0.4 is 5.32 Å². The lowest BCUT2D eigenvalue weighted by Crippen LogP contribution is -2.41. The van der Waals surface area contributed by atoms with Crippen molar-refractivity contribution in [1.82, 2.24) is 4.31 Å². The van der Waals surface area contributed by atoms with Crippen LogP contribution in [0.25, 0.3) is 0 Å². The molecule has 5 nitrogen and oxygen atoms in total. The lowest BCUT2D eigenvalue weighted by molar-refractivity contribution is -0.120. The van der Waals surface area contributed by atoms with Crippen LogP contribution >= 0.6 is 39.1 Å². The zero-order chi connectivity index (χ0) is 19.6. The summed E-state index contributed by atoms with van der Waals surface area (Å²) < 4.78 is 27.7. The van der Waals surface area contributed by atoms with Crippen molar-refractivity contribution in [1.29, 1.82) is 0 Å². The average Bonchev–Trinajstić information content (AvgIpc) is 2.65. The molecule has 0 aromatic heterocycles. The maximum Gasteiger partial charge on any atom is 0.243 e. The molecule has 9 heteroatoms. The molecule has 0 atom stereocenters. The molecule has 1 saturated heterocycles. The number of para-hydroxylation sites is 1. The highest BCUT2D eigenvalue weighted by molar-refractivity contribution is 9.10. The number of anilines is 1. The van der Waals surface area contributed by atoms with E-state index in [0.29, 0.717) is 28.6 Å². The highest BCUT2D eigenvalue weighted by Crippen LogP contribution is 2.31. The standard InChI is InChI=1S/C18H17BrCl2N2O3S/c19-13-4-6-14(7-5-13)27(25,26)23-10-8-12(9-11-23)18(24)22-17-15(20)2-1-3-16(17)21/h1-7,12H,8-11H2,(H,22,24). The van der Waals surface area contributed by atoms with Gasteiger partial charge in [-0.2, -0.15) is 4.31 Å². The van der Waals surface area contributed by atoms with E-state index in [1.807, 2.05) is 0 Å². The Kier molecular flexibility index (Phi) is 6.48. The first-order valence-electron chi connectivity index (χ1n) is 8.29. The van der Waals surface area contributed by atoms with Crippen molar-refractivity contribution in [3.63, 3.8) is 0 Å². The maximum absolute atomic E-state index is 12.7. The van der Waals surface area contributed by atoms with Crippen molar-refractivity contribution in [2.24, 2.45) is 5.92 Å². The number of hydrogen-bond acceptors (Lipinski definition) is 3. The van der Waals surface area contributed by atoms with E-state index in [2.05, 4.69) is 21.2 Å². The minimum Gasteiger partial charge on any atom is -0.323 e. The van der Waals surface area contributed by atoms with Crippen LogP contribution in [0.4, 0.5) is 5.69 Å². The summed E-state index contributed by atoms with van der Waals surface area (Å²) in [4.78, 5) is 12.8. The van der Waals surface area contributed by atoms with Crippen LogP contribution in [0.5, 0.6) is 0 Å². The van der Waals surface area contributed by atoms with E-state index in [-0.39, 0.29) is 29.8 Å². The first-order valence-corrected chi connectivity index (χ1v) is 11.3. The van der Waals surface area contributed by atoms with Gasteiger partial charge in [0.2, 0.25) is 15.9 Å². The first kappa shape index (κ1) is 20.6. The summed E-state index contributed by atoms with van der Waals surface area (Å²) in [6, 6.07) is 11.5. The zero-order valence-corrected chi connectivity index (χ0v) is 18.1. The van der Waals surface area contributed by atoms with Crippen LogP contribution in [0.2, 0.25) is 10.0 Å². The highest BCUT2D eigenvalue weighted by Gasteiger charge is 2.32. The molecule has 0 unspecified atom stereocenters. The fourth-order valence-electron chi connectivity index (χ4n) is 2.96. The molecule has 1 N–H and O–H groups in total. The van der Waals surface area contributed by atoms with Crippen molar-refractivity contribution in [3.8, 4) is 0 Å². The second-order valence-electron chi connectivity index (χ2n) is 6.22. The summed E-state index contributed by atoms with van der Waals surface area (Å²) >= 11 is 15.5. The van der Waals surface area contributed by atoms with Gasteiger partial charge in [0.1, 0.15) is 0 Å². The summed E-state index contributed by atoms with van der Waals surface area (Å²) in [6.07, 6.45) is 0.868. The molecule has 0 radical (unpaired) electrons. The third kappa shape index (κ3) is 4.66. The minimum atomic E-state index is -3.56. The molecule has 1 aliphatic rings. The number of halogens is 3. The molecule has 1 amide bonds. The van der Waals surface area contributed by atoms with Crippen LogP contribution in [0, 0.1) is 5.92 Å². The maximum atomic E-state index is 12.7. The molecule has 2 aromatic carbocycles. The summed E-state index contributed by atoms with van der Waals surface area (Å²) in [6.45, 7) is 0.569. The number of piperidine rings is 1. The predicted octanol–water partition coefficient (Wildman–Crippen LogP) is 4.80. The molecule has 0 bridgehead atoms. The van der Waals surface area contributed by atoms with Crippen molar-refractivity contribution < 1.29 is 13.2 Å². The first-order chi connectivity index (χ1) is 12.8. The second-order valence-corrected chi connectivity index (χ2v) is 9.89. The largest absolute Gasteiger partial charge is 0.323 e. The fourth-order valence-corrected chi connectivity index (χ4v) is 5.18. The summed E-state index contributed by atoms with van der Waals surface area (Å²) in [5.74, 6) is -0.501. The topological polar surface area (TPSA) is 66.5 Å². The molecule has 27 heavy (non-hydrogen) atoms. The number of sulfonamides is 1. The quantitative estimate of drug-likeness (QED) is 0.668. The Labute approximate surface area is 176 Å². The molecule has 144 valence electrons. The Morgan fingerprint density at radius 3 is 2.15 bits per heavy atom. The van der Waals surface area contributed by atoms with Crippen LogP contribution in [0.1, 0.15) is 12.8 Å². The van der Waals surface area contributed by atoms with Gasteiger partial charge < -0.3 is 5.32 Å². The molecular formula is C18H17BrCl2N2O3S. The Balaban J connectivity index is 1.64. The number of nitrogens with one attached hydrogen (secondary N) is 1. The fraction of sp³-hybridized carbons (Fsp3) is 0.278. The summed E-state index contributed by atoms with van der Waals surface area (Å²) in [5.41, 5.74) is 0.385. The number of carbonyl (C=O) groups excluding carboxylic acids is 1. The van der Waals surface area contributed by atoms with Crippen molar-refractivity contribution in [3.05, 3.63) is 57.0 Å². The van der Waals surface area contributed by atoms with Crippen molar-refractivity contribution in [2.45, 2.75) is 17.7 Å². The normalized spacial score (nSPS) is 16.3. The third-order valence-electron chi connectivity index (χ3n) is 4.49. The molecule has 0 aliphatic carbocycles. The van der Waals surface area contributed by atoms with Gasteiger partial charge in [-0.1, -0.05) is 45.2 Å². The van der Waals surface area contributed by atoms with Gasteiger partial charge in [0, 0.05) is 23.5 Å². The summed E-state index contributed by atoms with van der Waals surface area (Å²) in [5, 5.41) is 3.50. The number of nitrogens with zero attached hydrogens (tertiary/aromatic N) is 1. The van der Waals surface area contributed by atoms with Gasteiger partial charge in [0.15, 0.2) is 0 Å². The van der Waals surface area contributed by atoms with E-state index in [4.69, 9.17) is 23.2 Å². The van der Waals surface area contributed by atoms with Gasteiger partial charge >= 0.3 is 0 Å². The summed E-state index contributed by atoms with van der Waals surface area (Å²) in [7, 11) is -3.56. The number of rotatable bonds is 4. The van der Waals surface area contributed by atoms with E-state index in [1.165, 1.54) is 4.31 Å². The van der Waals surface area contributed by atoms with Crippen molar-refractivity contribution >= 4 is 60.7 Å². The predicted molar refractivity (Wildman–Crippen MR) is 111 cm³/mol. The lowest BCUT2D eigenvalue weighted by atomic mass is 9.97. The monoisotopic (exact) mass is 490 g/mol. The van der Waals surface area contributed by atoms with Gasteiger partial charge in [0.05, 0.1) is 20.6 Å². The second kappa shape index (κ2) is 8.49. The van der Waals surface area contributed by atoms with Crippen LogP contribution in [-0.2, 0) is 14.8 Å². The third-order valence-corrected chi connectivity index (χ3v) is 7.56. The molecule has 1 fully saturated rings. The van der Waals surface area contributed by atoms with E-state index in [0.717, 1.165) is 4.47 Å². The number of amides is 1. The SMILES string of the molecule is O=C(Nc1c(Cl)cccc1Cl)C1CCN(S(=O)(=O)c2ccc(Br)cc2)CC1. The molecule has 1 heterocycles. The van der Waals surface area contributed by atoms with Gasteiger partial charge in [0.25, 0.3) is 0 Å². The number of carbonyl (C=O) groups is 1. The number of hydrogen-bond donors (Lipinski definition) is 1. The number of benzene rings is 2. The molecule has 0 saturated carbocycles. The molecule has 1 aliphatic heterocycles. The highest BCUT2D eigenvalue weighted by atomic mass is 79.9. The molecular weight excluding hydrogens is 475 g/mol. The van der Waals surface area contributed by atoms with Gasteiger partial charge in [-0.15, -0.1) is 0 Å². The Morgan fingerprint density at radius 1 is 1.04 bits per heavy atom. The van der Waals surface area contributed by atoms with Crippen LogP contribution in [0.3, 0.4) is 0 Å². The van der Waals surface area contributed by atoms with Gasteiger partial charge in [-0.05, 0) is 49.2 Å². The Bertz CT molecular complexity index is 923. The van der Waals surface area contributed by atoms with Crippen molar-refractivity contribution in [2.75, 3.05) is 18.4 Å². The molecule has 3 rings (SSSR count). The van der Waals surface area contributed by atoms with E-state index >= 15 is 0 Å². The van der Waals surface area contributed by atoms with E-state index in [1.54, 1.807) is 42.5 Å². The average molecular weight is 492 g/mol. The van der Waals surface area contributed by atoms with E-state index in [9.17, 15) is 13.2 Å². The van der Waals surface area contributed by atoms with Crippen LogP contribution in [-0.4, -0.2) is 31.7 Å². The Hall–Kier alpha value is -1.12. The van der Waals surface area contributed by atoms with Gasteiger partial charge in [-0.25, -0.2) is 8.42 Å². The molecule has 2 aromatic rings. The zero-order valence-electron chi connectivity index (χ0n) is 14.2. The molecule has 0 spiro atoms. The van der Waals surface area contributed by atoms with E-state index < -0.39 is 10.0 Å². The minimum absolute atomic E-state index is 0.203. The van der Waals surface area contributed by atoms with Crippen LogP contribution in [0.15, 0.2) is 51.8 Å². The lowest BCUT2D eigenvalue weighted by Gasteiger charge is -2.30. The van der Waals surface area contributed by atoms with Gasteiger partial charge in [-0.3, -0.25) is 4.79 Å².